The SMILES string of the molecule is C[C@H]1CC[C@@H](C2(N)N=C(N)Nc3c2ccn3COCC[Si](C)(C)C)CN1. The minimum Gasteiger partial charge on any atom is -0.370 e. The lowest BCUT2D eigenvalue weighted by Gasteiger charge is -2.41. The van der Waals surface area contributed by atoms with Crippen LogP contribution in [0.4, 0.5) is 5.82 Å². The lowest BCUT2D eigenvalue weighted by Crippen LogP contribution is -2.54. The Hall–Kier alpha value is -1.35. The van der Waals surface area contributed by atoms with Crippen molar-refractivity contribution in [2.45, 2.75) is 63.9 Å². The van der Waals surface area contributed by atoms with E-state index in [2.05, 4.69) is 48.3 Å². The molecule has 0 saturated carbocycles. The van der Waals surface area contributed by atoms with Gasteiger partial charge in [0.15, 0.2) is 5.96 Å². The number of fused-ring (bicyclic) bond motifs is 1. The van der Waals surface area contributed by atoms with Gasteiger partial charge in [-0.25, -0.2) is 4.99 Å². The normalized spacial score (nSPS) is 29.0. The van der Waals surface area contributed by atoms with Crippen LogP contribution in [0.5, 0.6) is 0 Å². The molecule has 3 heterocycles. The van der Waals surface area contributed by atoms with Crippen LogP contribution >= 0.6 is 0 Å². The first-order chi connectivity index (χ1) is 12.2. The zero-order chi connectivity index (χ0) is 18.9. The van der Waals surface area contributed by atoms with Crippen molar-refractivity contribution >= 4 is 19.9 Å². The van der Waals surface area contributed by atoms with Crippen LogP contribution in [0.2, 0.25) is 25.7 Å². The van der Waals surface area contributed by atoms with E-state index in [-0.39, 0.29) is 5.92 Å². The van der Waals surface area contributed by atoms with Crippen LogP contribution in [0.1, 0.15) is 25.3 Å². The van der Waals surface area contributed by atoms with Gasteiger partial charge in [0.25, 0.3) is 0 Å². The topological polar surface area (TPSA) is 103 Å². The van der Waals surface area contributed by atoms with Gasteiger partial charge in [0.05, 0.1) is 0 Å². The summed E-state index contributed by atoms with van der Waals surface area (Å²) in [5.74, 6) is 1.51. The minimum atomic E-state index is -1.09. The van der Waals surface area contributed by atoms with Gasteiger partial charge in [0, 0.05) is 44.9 Å². The molecule has 0 aliphatic carbocycles. The molecule has 1 unspecified atom stereocenters. The molecule has 6 N–H and O–H groups in total. The van der Waals surface area contributed by atoms with Gasteiger partial charge in [0.2, 0.25) is 0 Å². The molecule has 0 bridgehead atoms. The van der Waals surface area contributed by atoms with Crippen LogP contribution in [0, 0.1) is 5.92 Å². The number of aliphatic imine (C=N–C) groups is 1. The quantitative estimate of drug-likeness (QED) is 0.448. The van der Waals surface area contributed by atoms with Crippen LogP contribution in [-0.4, -0.2) is 37.8 Å². The van der Waals surface area contributed by atoms with Crippen molar-refractivity contribution < 1.29 is 4.74 Å². The largest absolute Gasteiger partial charge is 0.370 e. The summed E-state index contributed by atoms with van der Waals surface area (Å²) in [6, 6.07) is 3.74. The lowest BCUT2D eigenvalue weighted by molar-refractivity contribution is 0.0885. The molecule has 2 aliphatic heterocycles. The van der Waals surface area contributed by atoms with Crippen LogP contribution < -0.4 is 22.1 Å². The Kier molecular flexibility index (Phi) is 5.48. The fourth-order valence-corrected chi connectivity index (χ4v) is 4.43. The van der Waals surface area contributed by atoms with Gasteiger partial charge in [-0.2, -0.15) is 0 Å². The molecule has 8 heteroatoms. The number of hydrogen-bond acceptors (Lipinski definition) is 6. The number of nitrogens with one attached hydrogen (secondary N) is 2. The molecule has 0 aromatic carbocycles. The van der Waals surface area contributed by atoms with Crippen molar-refractivity contribution in [2.75, 3.05) is 18.5 Å². The van der Waals surface area contributed by atoms with Crippen LogP contribution in [0.15, 0.2) is 17.3 Å². The van der Waals surface area contributed by atoms with E-state index < -0.39 is 13.7 Å². The maximum absolute atomic E-state index is 6.81. The minimum absolute atomic E-state index is 0.224. The molecule has 3 rings (SSSR count). The summed E-state index contributed by atoms with van der Waals surface area (Å²) in [6.07, 6.45) is 4.15. The Morgan fingerprint density at radius 3 is 2.81 bits per heavy atom. The molecule has 1 saturated heterocycles. The maximum Gasteiger partial charge on any atom is 0.196 e. The summed E-state index contributed by atoms with van der Waals surface area (Å²) in [4.78, 5) is 4.62. The number of anilines is 1. The summed E-state index contributed by atoms with van der Waals surface area (Å²) >= 11 is 0. The molecule has 1 fully saturated rings. The molecule has 1 aromatic heterocycles. The molecular weight excluding hydrogens is 344 g/mol. The van der Waals surface area contributed by atoms with Crippen molar-refractivity contribution in [1.82, 2.24) is 9.88 Å². The molecule has 1 aromatic rings. The number of rotatable bonds is 6. The highest BCUT2D eigenvalue weighted by atomic mass is 28.3. The van der Waals surface area contributed by atoms with Gasteiger partial charge in [-0.1, -0.05) is 19.6 Å². The standard InChI is InChI=1S/C18H34N6OSi/c1-13-5-6-14(11-21-13)18(20)15-7-8-24(16(15)22-17(19)23-18)12-25-9-10-26(2,3)4/h7-8,13-14,21H,5-6,9-12,20H2,1-4H3,(H3,19,22,23)/t13-,14+,18?/m0/s1. The van der Waals surface area contributed by atoms with E-state index >= 15 is 0 Å². The van der Waals surface area contributed by atoms with Crippen LogP contribution in [-0.2, 0) is 17.1 Å². The maximum atomic E-state index is 6.81. The fourth-order valence-electron chi connectivity index (χ4n) is 3.68. The number of nitrogens with zero attached hydrogens (tertiary/aromatic N) is 2. The van der Waals surface area contributed by atoms with Gasteiger partial charge < -0.3 is 31.4 Å². The first-order valence-corrected chi connectivity index (χ1v) is 13.3. The first kappa shape index (κ1) is 19.4. The van der Waals surface area contributed by atoms with Gasteiger partial charge >= 0.3 is 0 Å². The molecule has 7 nitrogen and oxygen atoms in total. The highest BCUT2D eigenvalue weighted by Gasteiger charge is 2.43. The van der Waals surface area contributed by atoms with Crippen molar-refractivity contribution in [1.29, 1.82) is 0 Å². The van der Waals surface area contributed by atoms with E-state index in [4.69, 9.17) is 16.2 Å². The summed E-state index contributed by atoms with van der Waals surface area (Å²) < 4.78 is 7.95. The number of ether oxygens (including phenoxy) is 1. The highest BCUT2D eigenvalue weighted by Crippen LogP contribution is 2.40. The molecular formula is C18H34N6OSi. The Labute approximate surface area is 157 Å². The zero-order valence-corrected chi connectivity index (χ0v) is 17.5. The number of hydrogen-bond donors (Lipinski definition) is 4. The average molecular weight is 379 g/mol. The van der Waals surface area contributed by atoms with Gasteiger partial charge in [-0.15, -0.1) is 0 Å². The molecule has 0 radical (unpaired) electrons. The molecule has 146 valence electrons. The number of piperidine rings is 1. The van der Waals surface area contributed by atoms with Gasteiger partial charge in [-0.05, 0) is 31.9 Å². The Morgan fingerprint density at radius 2 is 2.15 bits per heavy atom. The Bertz CT molecular complexity index is 659. The van der Waals surface area contributed by atoms with E-state index in [1.807, 2.05) is 10.8 Å². The monoisotopic (exact) mass is 378 g/mol. The summed E-state index contributed by atoms with van der Waals surface area (Å²) in [6.45, 7) is 11.4. The summed E-state index contributed by atoms with van der Waals surface area (Å²) in [7, 11) is -1.09. The first-order valence-electron chi connectivity index (χ1n) is 9.61. The Balaban J connectivity index is 1.74. The van der Waals surface area contributed by atoms with E-state index in [0.717, 1.165) is 43.4 Å². The molecule has 26 heavy (non-hydrogen) atoms. The van der Waals surface area contributed by atoms with Gasteiger partial charge in [0.1, 0.15) is 18.2 Å². The fraction of sp³-hybridized carbons (Fsp3) is 0.722. The molecule has 0 spiro atoms. The van der Waals surface area contributed by atoms with Crippen molar-refractivity contribution in [3.63, 3.8) is 0 Å². The number of guanidine groups is 1. The third kappa shape index (κ3) is 4.14. The second kappa shape index (κ2) is 7.34. The van der Waals surface area contributed by atoms with Crippen molar-refractivity contribution in [3.8, 4) is 0 Å². The Morgan fingerprint density at radius 1 is 1.38 bits per heavy atom. The molecule has 3 atom stereocenters. The average Bonchev–Trinajstić information content (AvgIpc) is 2.95. The third-order valence-corrected chi connectivity index (χ3v) is 7.16. The number of nitrogens with two attached hydrogens (primary N) is 2. The number of aromatic nitrogens is 1. The molecule has 0 amide bonds. The smallest absolute Gasteiger partial charge is 0.196 e. The second-order valence-electron chi connectivity index (χ2n) is 8.93. The summed E-state index contributed by atoms with van der Waals surface area (Å²) in [5, 5.41) is 6.71. The second-order valence-corrected chi connectivity index (χ2v) is 14.5. The predicted octanol–water partition coefficient (Wildman–Crippen LogP) is 2.04. The van der Waals surface area contributed by atoms with E-state index in [0.29, 0.717) is 18.7 Å². The van der Waals surface area contributed by atoms with E-state index in [1.54, 1.807) is 0 Å². The molecule has 2 aliphatic rings. The highest BCUT2D eigenvalue weighted by molar-refractivity contribution is 6.76. The van der Waals surface area contributed by atoms with E-state index in [9.17, 15) is 0 Å². The van der Waals surface area contributed by atoms with E-state index in [1.165, 1.54) is 0 Å². The summed E-state index contributed by atoms with van der Waals surface area (Å²) in [5.41, 5.74) is 13.1. The lowest BCUT2D eigenvalue weighted by atomic mass is 9.81. The van der Waals surface area contributed by atoms with Gasteiger partial charge in [-0.3, -0.25) is 0 Å². The van der Waals surface area contributed by atoms with Crippen molar-refractivity contribution in [2.24, 2.45) is 22.4 Å². The zero-order valence-electron chi connectivity index (χ0n) is 16.5. The van der Waals surface area contributed by atoms with Crippen molar-refractivity contribution in [3.05, 3.63) is 17.8 Å². The predicted molar refractivity (Wildman–Crippen MR) is 110 cm³/mol. The van der Waals surface area contributed by atoms with Crippen LogP contribution in [0.3, 0.4) is 0 Å². The third-order valence-electron chi connectivity index (χ3n) is 5.46. The van der Waals surface area contributed by atoms with Crippen LogP contribution in [0.25, 0.3) is 0 Å².